The molecule has 0 aliphatic rings. The van der Waals surface area contributed by atoms with E-state index in [-0.39, 0.29) is 5.92 Å². The third-order valence-electron chi connectivity index (χ3n) is 3.82. The first kappa shape index (κ1) is 18.4. The minimum atomic E-state index is -0.971. The van der Waals surface area contributed by atoms with E-state index < -0.39 is 12.1 Å². The van der Waals surface area contributed by atoms with E-state index in [1.165, 1.54) is 32.8 Å². The molecule has 3 atom stereocenters. The molecule has 19 heavy (non-hydrogen) atoms. The van der Waals surface area contributed by atoms with Crippen LogP contribution in [0.1, 0.15) is 66.2 Å². The Morgan fingerprint density at radius 2 is 1.53 bits per heavy atom. The van der Waals surface area contributed by atoms with E-state index in [0.29, 0.717) is 0 Å². The maximum Gasteiger partial charge on any atom is 0.334 e. The van der Waals surface area contributed by atoms with Crippen molar-refractivity contribution in [3.05, 3.63) is 0 Å². The molecule has 3 unspecified atom stereocenters. The lowest BCUT2D eigenvalue weighted by Crippen LogP contribution is -2.28. The van der Waals surface area contributed by atoms with Crippen molar-refractivity contribution in [3.8, 4) is 0 Å². The van der Waals surface area contributed by atoms with Crippen LogP contribution in [0.25, 0.3) is 0 Å². The molecule has 0 amide bonds. The fraction of sp³-hybridized carbons (Fsp3) is 0.938. The largest absolute Gasteiger partial charge is 0.467 e. The molecule has 0 fully saturated rings. The summed E-state index contributed by atoms with van der Waals surface area (Å²) in [7, 11) is 1.31. The summed E-state index contributed by atoms with van der Waals surface area (Å²) in [5.41, 5.74) is 0. The number of esters is 1. The van der Waals surface area contributed by atoms with Crippen LogP contribution in [-0.4, -0.2) is 24.3 Å². The summed E-state index contributed by atoms with van der Waals surface area (Å²) in [6, 6.07) is 0. The fourth-order valence-corrected chi connectivity index (χ4v) is 2.32. The van der Waals surface area contributed by atoms with Gasteiger partial charge in [0.1, 0.15) is 0 Å². The molecule has 3 nitrogen and oxygen atoms in total. The molecule has 114 valence electrons. The van der Waals surface area contributed by atoms with Crippen molar-refractivity contribution in [2.45, 2.75) is 72.3 Å². The van der Waals surface area contributed by atoms with Gasteiger partial charge in [-0.05, 0) is 24.2 Å². The first-order valence-corrected chi connectivity index (χ1v) is 7.64. The topological polar surface area (TPSA) is 46.5 Å². The maximum absolute atomic E-state index is 11.2. The second kappa shape index (κ2) is 10.2. The van der Waals surface area contributed by atoms with E-state index >= 15 is 0 Å². The van der Waals surface area contributed by atoms with Crippen molar-refractivity contribution in [1.29, 1.82) is 0 Å². The van der Waals surface area contributed by atoms with Crippen LogP contribution in [0.5, 0.6) is 0 Å². The fourth-order valence-electron chi connectivity index (χ4n) is 2.32. The van der Waals surface area contributed by atoms with Crippen molar-refractivity contribution in [1.82, 2.24) is 0 Å². The van der Waals surface area contributed by atoms with Crippen LogP contribution >= 0.6 is 0 Å². The summed E-state index contributed by atoms with van der Waals surface area (Å²) in [6.07, 6.45) is 6.05. The van der Waals surface area contributed by atoms with E-state index in [2.05, 4.69) is 25.5 Å². The molecule has 0 rings (SSSR count). The lowest BCUT2D eigenvalue weighted by molar-refractivity contribution is -0.153. The normalized spacial score (nSPS) is 16.2. The molecule has 0 aliphatic heterocycles. The average molecular weight is 272 g/mol. The Morgan fingerprint density at radius 3 is 2.00 bits per heavy atom. The van der Waals surface area contributed by atoms with Crippen LogP contribution < -0.4 is 0 Å². The molecule has 0 aromatic heterocycles. The molecule has 0 aromatic carbocycles. The zero-order chi connectivity index (χ0) is 14.8. The Balaban J connectivity index is 3.69. The second-order valence-corrected chi connectivity index (χ2v) is 6.31. The number of rotatable bonds is 10. The monoisotopic (exact) mass is 272 g/mol. The lowest BCUT2D eigenvalue weighted by atomic mass is 9.92. The molecule has 0 saturated heterocycles. The van der Waals surface area contributed by atoms with E-state index in [1.54, 1.807) is 0 Å². The zero-order valence-corrected chi connectivity index (χ0v) is 13.3. The van der Waals surface area contributed by atoms with Gasteiger partial charge in [0.15, 0.2) is 6.10 Å². The number of methoxy groups -OCH3 is 1. The summed E-state index contributed by atoms with van der Waals surface area (Å²) in [4.78, 5) is 11.2. The number of aliphatic hydroxyl groups is 1. The standard InChI is InChI=1S/C16H32O3/c1-12(2)8-6-9-13(3)10-7-11-14(4)15(17)16(18)19-5/h12-15,17H,6-11H2,1-5H3. The van der Waals surface area contributed by atoms with Crippen molar-refractivity contribution in [2.75, 3.05) is 7.11 Å². The molecule has 1 N–H and O–H groups in total. The highest BCUT2D eigenvalue weighted by Gasteiger charge is 2.22. The summed E-state index contributed by atoms with van der Waals surface area (Å²) in [5, 5.41) is 9.68. The quantitative estimate of drug-likeness (QED) is 0.615. The van der Waals surface area contributed by atoms with Crippen LogP contribution in [-0.2, 0) is 9.53 Å². The highest BCUT2D eigenvalue weighted by atomic mass is 16.5. The Hall–Kier alpha value is -0.570. The van der Waals surface area contributed by atoms with Crippen LogP contribution in [0.15, 0.2) is 0 Å². The number of hydrogen-bond donors (Lipinski definition) is 1. The minimum absolute atomic E-state index is 0.0182. The summed E-state index contributed by atoms with van der Waals surface area (Å²) >= 11 is 0. The lowest BCUT2D eigenvalue weighted by Gasteiger charge is -2.18. The van der Waals surface area contributed by atoms with E-state index in [0.717, 1.165) is 24.7 Å². The molecule has 0 aromatic rings. The average Bonchev–Trinajstić information content (AvgIpc) is 2.36. The van der Waals surface area contributed by atoms with Gasteiger partial charge in [0.2, 0.25) is 0 Å². The highest BCUT2D eigenvalue weighted by Crippen LogP contribution is 2.20. The molecular formula is C16H32O3. The van der Waals surface area contributed by atoms with Crippen molar-refractivity contribution in [3.63, 3.8) is 0 Å². The zero-order valence-electron chi connectivity index (χ0n) is 13.3. The van der Waals surface area contributed by atoms with Crippen molar-refractivity contribution in [2.24, 2.45) is 17.8 Å². The predicted octanol–water partition coefficient (Wildman–Crippen LogP) is 3.79. The SMILES string of the molecule is COC(=O)C(O)C(C)CCCC(C)CCCC(C)C. The van der Waals surface area contributed by atoms with Gasteiger partial charge in [0, 0.05) is 0 Å². The number of ether oxygens (including phenoxy) is 1. The molecule has 0 aliphatic carbocycles. The van der Waals surface area contributed by atoms with Gasteiger partial charge in [-0.2, -0.15) is 0 Å². The van der Waals surface area contributed by atoms with Crippen LogP contribution in [0, 0.1) is 17.8 Å². The molecule has 0 saturated carbocycles. The van der Waals surface area contributed by atoms with Gasteiger partial charge in [-0.3, -0.25) is 0 Å². The predicted molar refractivity (Wildman–Crippen MR) is 78.9 cm³/mol. The van der Waals surface area contributed by atoms with Gasteiger partial charge in [-0.15, -0.1) is 0 Å². The molecule has 0 spiro atoms. The smallest absolute Gasteiger partial charge is 0.334 e. The molecule has 3 heteroatoms. The third-order valence-corrected chi connectivity index (χ3v) is 3.82. The first-order valence-electron chi connectivity index (χ1n) is 7.64. The molecule has 0 heterocycles. The number of carbonyl (C=O) groups is 1. The number of carbonyl (C=O) groups excluding carboxylic acids is 1. The minimum Gasteiger partial charge on any atom is -0.467 e. The van der Waals surface area contributed by atoms with E-state index in [9.17, 15) is 9.90 Å². The van der Waals surface area contributed by atoms with Gasteiger partial charge >= 0.3 is 5.97 Å². The summed E-state index contributed by atoms with van der Waals surface area (Å²) < 4.78 is 4.55. The summed E-state index contributed by atoms with van der Waals surface area (Å²) in [5.74, 6) is 0.997. The Bertz CT molecular complexity index is 238. The summed E-state index contributed by atoms with van der Waals surface area (Å²) in [6.45, 7) is 8.73. The van der Waals surface area contributed by atoms with Gasteiger partial charge in [0.05, 0.1) is 7.11 Å². The van der Waals surface area contributed by atoms with Gasteiger partial charge in [-0.25, -0.2) is 4.79 Å². The van der Waals surface area contributed by atoms with Crippen LogP contribution in [0.2, 0.25) is 0 Å². The van der Waals surface area contributed by atoms with Crippen molar-refractivity contribution < 1.29 is 14.6 Å². The Kier molecular flexibility index (Phi) is 9.94. The van der Waals surface area contributed by atoms with Gasteiger partial charge in [-0.1, -0.05) is 59.8 Å². The van der Waals surface area contributed by atoms with Gasteiger partial charge < -0.3 is 9.84 Å². The third kappa shape index (κ3) is 9.04. The van der Waals surface area contributed by atoms with Crippen molar-refractivity contribution >= 4 is 5.97 Å². The Labute approximate surface area is 118 Å². The highest BCUT2D eigenvalue weighted by molar-refractivity contribution is 5.74. The second-order valence-electron chi connectivity index (χ2n) is 6.31. The first-order chi connectivity index (χ1) is 8.88. The number of hydrogen-bond acceptors (Lipinski definition) is 3. The van der Waals surface area contributed by atoms with E-state index in [4.69, 9.17) is 0 Å². The number of aliphatic hydroxyl groups excluding tert-OH is 1. The Morgan fingerprint density at radius 1 is 1.00 bits per heavy atom. The molecule has 0 radical (unpaired) electrons. The molecular weight excluding hydrogens is 240 g/mol. The maximum atomic E-state index is 11.2. The van der Waals surface area contributed by atoms with Gasteiger partial charge in [0.25, 0.3) is 0 Å². The van der Waals surface area contributed by atoms with Crippen LogP contribution in [0.4, 0.5) is 0 Å². The van der Waals surface area contributed by atoms with E-state index in [1.807, 2.05) is 6.92 Å². The molecule has 0 bridgehead atoms. The van der Waals surface area contributed by atoms with Crippen LogP contribution in [0.3, 0.4) is 0 Å².